The summed E-state index contributed by atoms with van der Waals surface area (Å²) < 4.78 is 7.36. The standard InChI is InChI=1S/C16H22N6O.HI/c1-23-13-7-5-6-12(10-13)19-16(17)18-11-15-21-20-14-8-3-2-4-9-22(14)15;/h5-7,10H,2-4,8-9,11H2,1H3,(H3,17,18,19);1H. The highest BCUT2D eigenvalue weighted by Gasteiger charge is 2.14. The summed E-state index contributed by atoms with van der Waals surface area (Å²) in [5.74, 6) is 3.05. The number of benzene rings is 1. The van der Waals surface area contributed by atoms with Gasteiger partial charge in [0.25, 0.3) is 0 Å². The second-order valence-corrected chi connectivity index (χ2v) is 5.55. The first kappa shape index (κ1) is 18.5. The lowest BCUT2D eigenvalue weighted by molar-refractivity contribution is 0.415. The fraction of sp³-hybridized carbons (Fsp3) is 0.438. The van der Waals surface area contributed by atoms with Gasteiger partial charge in [0.2, 0.25) is 0 Å². The Hall–Kier alpha value is -1.84. The monoisotopic (exact) mass is 442 g/mol. The van der Waals surface area contributed by atoms with Gasteiger partial charge in [-0.2, -0.15) is 0 Å². The van der Waals surface area contributed by atoms with Gasteiger partial charge in [0.15, 0.2) is 11.8 Å². The molecule has 130 valence electrons. The number of methoxy groups -OCH3 is 1. The van der Waals surface area contributed by atoms with E-state index in [1.165, 1.54) is 19.3 Å². The van der Waals surface area contributed by atoms with Crippen LogP contribution in [0.5, 0.6) is 5.75 Å². The molecule has 1 aliphatic rings. The number of aromatic nitrogens is 3. The Bertz CT molecular complexity index is 700. The molecule has 1 aromatic carbocycles. The first-order valence-electron chi connectivity index (χ1n) is 7.88. The Morgan fingerprint density at radius 1 is 1.33 bits per heavy atom. The van der Waals surface area contributed by atoms with E-state index in [1.54, 1.807) is 7.11 Å². The summed E-state index contributed by atoms with van der Waals surface area (Å²) in [7, 11) is 1.63. The molecule has 0 fully saturated rings. The number of aryl methyl sites for hydroxylation is 1. The molecule has 0 unspecified atom stereocenters. The van der Waals surface area contributed by atoms with Crippen molar-refractivity contribution in [2.45, 2.75) is 38.8 Å². The van der Waals surface area contributed by atoms with Crippen LogP contribution in [0, 0.1) is 0 Å². The first-order chi connectivity index (χ1) is 11.3. The molecule has 1 aromatic heterocycles. The van der Waals surface area contributed by atoms with Crippen LogP contribution in [0.1, 0.15) is 30.9 Å². The van der Waals surface area contributed by atoms with E-state index in [-0.39, 0.29) is 24.0 Å². The van der Waals surface area contributed by atoms with Crippen LogP contribution < -0.4 is 15.8 Å². The number of guanidine groups is 1. The van der Waals surface area contributed by atoms with Crippen molar-refractivity contribution in [3.8, 4) is 5.75 Å². The number of nitrogens with two attached hydrogens (primary N) is 1. The van der Waals surface area contributed by atoms with Crippen LogP contribution in [0.2, 0.25) is 0 Å². The Morgan fingerprint density at radius 2 is 2.21 bits per heavy atom. The molecule has 2 heterocycles. The molecule has 8 heteroatoms. The quantitative estimate of drug-likeness (QED) is 0.432. The molecule has 0 saturated carbocycles. The van der Waals surface area contributed by atoms with Crippen molar-refractivity contribution in [2.24, 2.45) is 10.7 Å². The average molecular weight is 442 g/mol. The summed E-state index contributed by atoms with van der Waals surface area (Å²) in [5, 5.41) is 11.6. The topological polar surface area (TPSA) is 90.3 Å². The summed E-state index contributed by atoms with van der Waals surface area (Å²) in [6, 6.07) is 7.55. The molecule has 0 bridgehead atoms. The zero-order valence-electron chi connectivity index (χ0n) is 13.7. The lowest BCUT2D eigenvalue weighted by Gasteiger charge is -2.08. The van der Waals surface area contributed by atoms with Crippen molar-refractivity contribution in [1.82, 2.24) is 14.8 Å². The number of nitrogens with one attached hydrogen (secondary N) is 1. The first-order valence-corrected chi connectivity index (χ1v) is 7.88. The van der Waals surface area contributed by atoms with E-state index in [2.05, 4.69) is 25.1 Å². The van der Waals surface area contributed by atoms with E-state index in [1.807, 2.05) is 24.3 Å². The van der Waals surface area contributed by atoms with Crippen LogP contribution in [-0.2, 0) is 19.5 Å². The van der Waals surface area contributed by atoms with Crippen LogP contribution in [0.3, 0.4) is 0 Å². The SMILES string of the molecule is COc1cccc(NC(N)=NCc2nnc3n2CCCCC3)c1.I. The van der Waals surface area contributed by atoms with Crippen LogP contribution in [0.4, 0.5) is 5.69 Å². The molecule has 0 saturated heterocycles. The molecule has 7 nitrogen and oxygen atoms in total. The van der Waals surface area contributed by atoms with Crippen LogP contribution in [0.25, 0.3) is 0 Å². The van der Waals surface area contributed by atoms with Crippen LogP contribution >= 0.6 is 24.0 Å². The van der Waals surface area contributed by atoms with Gasteiger partial charge in [-0.05, 0) is 25.0 Å². The van der Waals surface area contributed by atoms with E-state index < -0.39 is 0 Å². The second-order valence-electron chi connectivity index (χ2n) is 5.55. The number of aliphatic imine (C=N–C) groups is 1. The molecule has 0 radical (unpaired) electrons. The Balaban J connectivity index is 0.00000208. The Labute approximate surface area is 158 Å². The highest BCUT2D eigenvalue weighted by atomic mass is 127. The van der Waals surface area contributed by atoms with E-state index >= 15 is 0 Å². The molecule has 0 spiro atoms. The fourth-order valence-electron chi connectivity index (χ4n) is 2.71. The smallest absolute Gasteiger partial charge is 0.193 e. The Morgan fingerprint density at radius 3 is 3.04 bits per heavy atom. The second kappa shape index (κ2) is 8.86. The number of hydrogen-bond donors (Lipinski definition) is 2. The molecule has 2 aromatic rings. The number of rotatable bonds is 4. The molecular weight excluding hydrogens is 419 g/mol. The number of fused-ring (bicyclic) bond motifs is 1. The summed E-state index contributed by atoms with van der Waals surface area (Å²) >= 11 is 0. The van der Waals surface area contributed by atoms with Gasteiger partial charge in [-0.1, -0.05) is 12.5 Å². The molecule has 3 N–H and O–H groups in total. The normalized spacial score (nSPS) is 14.3. The van der Waals surface area contributed by atoms with Gasteiger partial charge >= 0.3 is 0 Å². The average Bonchev–Trinajstić information content (AvgIpc) is 2.79. The molecule has 0 atom stereocenters. The minimum absolute atomic E-state index is 0. The van der Waals surface area contributed by atoms with E-state index in [4.69, 9.17) is 10.5 Å². The minimum Gasteiger partial charge on any atom is -0.497 e. The summed E-state index contributed by atoms with van der Waals surface area (Å²) in [6.07, 6.45) is 4.58. The molecule has 24 heavy (non-hydrogen) atoms. The van der Waals surface area contributed by atoms with Crippen molar-refractivity contribution in [3.63, 3.8) is 0 Å². The summed E-state index contributed by atoms with van der Waals surface area (Å²) in [5.41, 5.74) is 6.80. The molecule has 1 aliphatic heterocycles. The third kappa shape index (κ3) is 4.59. The predicted octanol–water partition coefficient (Wildman–Crippen LogP) is 2.56. The van der Waals surface area contributed by atoms with Gasteiger partial charge < -0.3 is 20.4 Å². The highest BCUT2D eigenvalue weighted by Crippen LogP contribution is 2.17. The van der Waals surface area contributed by atoms with E-state index in [0.717, 1.165) is 36.1 Å². The van der Waals surface area contributed by atoms with Crippen LogP contribution in [-0.4, -0.2) is 27.8 Å². The number of hydrogen-bond acceptors (Lipinski definition) is 4. The number of anilines is 1. The summed E-state index contributed by atoms with van der Waals surface area (Å²) in [4.78, 5) is 4.38. The Kier molecular flexibility index (Phi) is 6.83. The molecule has 3 rings (SSSR count). The van der Waals surface area contributed by atoms with Crippen molar-refractivity contribution in [3.05, 3.63) is 35.9 Å². The fourth-order valence-corrected chi connectivity index (χ4v) is 2.71. The van der Waals surface area contributed by atoms with Gasteiger partial charge in [-0.15, -0.1) is 34.2 Å². The maximum absolute atomic E-state index is 5.96. The van der Waals surface area contributed by atoms with Crippen molar-refractivity contribution in [1.29, 1.82) is 0 Å². The molecule has 0 aliphatic carbocycles. The predicted molar refractivity (Wildman–Crippen MR) is 105 cm³/mol. The number of ether oxygens (including phenoxy) is 1. The zero-order valence-corrected chi connectivity index (χ0v) is 16.1. The maximum atomic E-state index is 5.96. The molecular formula is C16H23IN6O. The lowest BCUT2D eigenvalue weighted by atomic mass is 10.2. The van der Waals surface area contributed by atoms with Gasteiger partial charge in [-0.3, -0.25) is 0 Å². The minimum atomic E-state index is 0. The third-order valence-electron chi connectivity index (χ3n) is 3.92. The number of halogens is 1. The van der Waals surface area contributed by atoms with E-state index in [9.17, 15) is 0 Å². The summed E-state index contributed by atoms with van der Waals surface area (Å²) in [6.45, 7) is 1.40. The highest BCUT2D eigenvalue weighted by molar-refractivity contribution is 14.0. The van der Waals surface area contributed by atoms with Gasteiger partial charge in [0.1, 0.15) is 18.1 Å². The van der Waals surface area contributed by atoms with E-state index in [0.29, 0.717) is 12.5 Å². The van der Waals surface area contributed by atoms with Crippen molar-refractivity contribution >= 4 is 35.6 Å². The third-order valence-corrected chi connectivity index (χ3v) is 3.92. The van der Waals surface area contributed by atoms with Gasteiger partial charge in [0.05, 0.1) is 7.11 Å². The van der Waals surface area contributed by atoms with Crippen molar-refractivity contribution in [2.75, 3.05) is 12.4 Å². The van der Waals surface area contributed by atoms with Crippen molar-refractivity contribution < 1.29 is 4.74 Å². The van der Waals surface area contributed by atoms with Gasteiger partial charge in [-0.25, -0.2) is 4.99 Å². The van der Waals surface area contributed by atoms with Crippen LogP contribution in [0.15, 0.2) is 29.3 Å². The molecule has 0 amide bonds. The zero-order chi connectivity index (χ0) is 16.1. The maximum Gasteiger partial charge on any atom is 0.193 e. The lowest BCUT2D eigenvalue weighted by Crippen LogP contribution is -2.23. The largest absolute Gasteiger partial charge is 0.497 e. The number of nitrogens with zero attached hydrogens (tertiary/aromatic N) is 4. The van der Waals surface area contributed by atoms with Gasteiger partial charge in [0, 0.05) is 24.7 Å².